The van der Waals surface area contributed by atoms with Crippen molar-refractivity contribution in [2.75, 3.05) is 6.61 Å². The van der Waals surface area contributed by atoms with Crippen molar-refractivity contribution in [1.82, 2.24) is 14.6 Å². The van der Waals surface area contributed by atoms with Gasteiger partial charge in [0, 0.05) is 0 Å². The van der Waals surface area contributed by atoms with Crippen molar-refractivity contribution >= 4 is 29.4 Å². The number of nitrogens with zero attached hydrogens (tertiary/aromatic N) is 3. The minimum Gasteiger partial charge on any atom is -0.461 e. The largest absolute Gasteiger partial charge is 0.461 e. The maximum atomic E-state index is 11.6. The SMILES string of the molecule is CCOC(=O)c1nc(Cl)nn2c(C=O)ccc12. The van der Waals surface area contributed by atoms with Gasteiger partial charge in [-0.25, -0.2) is 14.3 Å². The Bertz CT molecular complexity index is 594. The van der Waals surface area contributed by atoms with Gasteiger partial charge in [0.05, 0.1) is 12.1 Å². The summed E-state index contributed by atoms with van der Waals surface area (Å²) in [6.45, 7) is 1.92. The van der Waals surface area contributed by atoms with Crippen molar-refractivity contribution in [2.24, 2.45) is 0 Å². The van der Waals surface area contributed by atoms with Crippen molar-refractivity contribution < 1.29 is 14.3 Å². The Morgan fingerprint density at radius 1 is 1.59 bits per heavy atom. The lowest BCUT2D eigenvalue weighted by Crippen LogP contribution is -2.11. The van der Waals surface area contributed by atoms with E-state index in [0.29, 0.717) is 11.8 Å². The number of hydrogen-bond donors (Lipinski definition) is 0. The molecule has 0 atom stereocenters. The zero-order valence-electron chi connectivity index (χ0n) is 8.88. The molecule has 0 fully saturated rings. The van der Waals surface area contributed by atoms with Crippen LogP contribution in [0.5, 0.6) is 0 Å². The number of esters is 1. The Kier molecular flexibility index (Phi) is 3.06. The van der Waals surface area contributed by atoms with Gasteiger partial charge in [-0.05, 0) is 30.7 Å². The number of fused-ring (bicyclic) bond motifs is 1. The molecule has 0 bridgehead atoms. The van der Waals surface area contributed by atoms with Gasteiger partial charge in [-0.15, -0.1) is 5.10 Å². The Hall–Kier alpha value is -1.95. The van der Waals surface area contributed by atoms with Gasteiger partial charge >= 0.3 is 5.97 Å². The molecule has 0 saturated carbocycles. The fourth-order valence-electron chi connectivity index (χ4n) is 1.43. The second-order valence-corrected chi connectivity index (χ2v) is 3.46. The molecule has 0 unspecified atom stereocenters. The van der Waals surface area contributed by atoms with E-state index in [1.165, 1.54) is 10.6 Å². The van der Waals surface area contributed by atoms with Crippen molar-refractivity contribution in [3.63, 3.8) is 0 Å². The molecule has 0 saturated heterocycles. The lowest BCUT2D eigenvalue weighted by atomic mass is 10.3. The van der Waals surface area contributed by atoms with Crippen LogP contribution in [0, 0.1) is 0 Å². The second kappa shape index (κ2) is 4.50. The molecule has 2 aromatic rings. The van der Waals surface area contributed by atoms with Gasteiger partial charge in [0.1, 0.15) is 5.69 Å². The Morgan fingerprint density at radius 3 is 3.00 bits per heavy atom. The molecule has 2 heterocycles. The molecule has 0 aromatic carbocycles. The summed E-state index contributed by atoms with van der Waals surface area (Å²) in [7, 11) is 0. The molecule has 0 amide bonds. The van der Waals surface area contributed by atoms with E-state index >= 15 is 0 Å². The van der Waals surface area contributed by atoms with Gasteiger partial charge in [0.15, 0.2) is 12.0 Å². The van der Waals surface area contributed by atoms with Gasteiger partial charge in [-0.2, -0.15) is 0 Å². The lowest BCUT2D eigenvalue weighted by Gasteiger charge is -2.04. The van der Waals surface area contributed by atoms with Gasteiger partial charge in [-0.1, -0.05) is 0 Å². The zero-order valence-corrected chi connectivity index (χ0v) is 9.64. The highest BCUT2D eigenvalue weighted by molar-refractivity contribution is 6.28. The van der Waals surface area contributed by atoms with E-state index in [1.54, 1.807) is 13.0 Å². The van der Waals surface area contributed by atoms with E-state index in [4.69, 9.17) is 16.3 Å². The van der Waals surface area contributed by atoms with E-state index in [1.807, 2.05) is 0 Å². The highest BCUT2D eigenvalue weighted by Gasteiger charge is 2.17. The second-order valence-electron chi connectivity index (χ2n) is 3.12. The van der Waals surface area contributed by atoms with Crippen LogP contribution in [0.15, 0.2) is 12.1 Å². The Labute approximate surface area is 101 Å². The monoisotopic (exact) mass is 253 g/mol. The van der Waals surface area contributed by atoms with E-state index in [0.717, 1.165) is 0 Å². The first-order valence-electron chi connectivity index (χ1n) is 4.85. The molecule has 2 aromatic heterocycles. The van der Waals surface area contributed by atoms with E-state index < -0.39 is 5.97 Å². The highest BCUT2D eigenvalue weighted by atomic mass is 35.5. The van der Waals surface area contributed by atoms with E-state index in [2.05, 4.69) is 10.1 Å². The van der Waals surface area contributed by atoms with Gasteiger partial charge in [0.25, 0.3) is 0 Å². The number of aromatic nitrogens is 3. The summed E-state index contributed by atoms with van der Waals surface area (Å²) in [6, 6.07) is 3.09. The molecule has 0 aliphatic heterocycles. The molecule has 88 valence electrons. The van der Waals surface area contributed by atoms with E-state index in [9.17, 15) is 9.59 Å². The molecule has 6 nitrogen and oxygen atoms in total. The third kappa shape index (κ3) is 1.99. The third-order valence-corrected chi connectivity index (χ3v) is 2.26. The predicted molar refractivity (Wildman–Crippen MR) is 59.3 cm³/mol. The summed E-state index contributed by atoms with van der Waals surface area (Å²) in [5.41, 5.74) is 0.713. The number of halogens is 1. The molecule has 2 rings (SSSR count). The molecule has 0 radical (unpaired) electrons. The minimum atomic E-state index is -0.600. The lowest BCUT2D eigenvalue weighted by molar-refractivity contribution is 0.0521. The number of carbonyl (C=O) groups is 2. The van der Waals surface area contributed by atoms with Gasteiger partial charge < -0.3 is 4.74 Å². The molecule has 0 spiro atoms. The van der Waals surface area contributed by atoms with Crippen LogP contribution in [-0.2, 0) is 4.74 Å². The molecule has 0 N–H and O–H groups in total. The smallest absolute Gasteiger partial charge is 0.359 e. The fourth-order valence-corrected chi connectivity index (χ4v) is 1.59. The average Bonchev–Trinajstić information content (AvgIpc) is 2.71. The first kappa shape index (κ1) is 11.5. The van der Waals surface area contributed by atoms with Crippen LogP contribution in [0.25, 0.3) is 5.52 Å². The van der Waals surface area contributed by atoms with Gasteiger partial charge in [-0.3, -0.25) is 4.79 Å². The molecule has 7 heteroatoms. The summed E-state index contributed by atoms with van der Waals surface area (Å²) >= 11 is 5.69. The van der Waals surface area contributed by atoms with Crippen LogP contribution in [-0.4, -0.2) is 33.5 Å². The summed E-state index contributed by atoms with van der Waals surface area (Å²) in [5, 5.41) is 3.72. The number of ether oxygens (including phenoxy) is 1. The number of hydrogen-bond acceptors (Lipinski definition) is 5. The van der Waals surface area contributed by atoms with Crippen LogP contribution in [0.2, 0.25) is 5.28 Å². The van der Waals surface area contributed by atoms with Crippen molar-refractivity contribution in [3.05, 3.63) is 28.8 Å². The molecule has 0 aliphatic carbocycles. The number of carbonyl (C=O) groups excluding carboxylic acids is 2. The van der Waals surface area contributed by atoms with Crippen LogP contribution >= 0.6 is 11.6 Å². The van der Waals surface area contributed by atoms with E-state index in [-0.39, 0.29) is 23.3 Å². The van der Waals surface area contributed by atoms with Crippen LogP contribution in [0.4, 0.5) is 0 Å². The third-order valence-electron chi connectivity index (χ3n) is 2.10. The molecular weight excluding hydrogens is 246 g/mol. The number of aldehydes is 1. The van der Waals surface area contributed by atoms with Crippen molar-refractivity contribution in [3.8, 4) is 0 Å². The Morgan fingerprint density at radius 2 is 2.35 bits per heavy atom. The highest BCUT2D eigenvalue weighted by Crippen LogP contribution is 2.14. The fraction of sp³-hybridized carbons (Fsp3) is 0.200. The molecule has 17 heavy (non-hydrogen) atoms. The van der Waals surface area contributed by atoms with Crippen LogP contribution in [0.1, 0.15) is 27.9 Å². The minimum absolute atomic E-state index is 0.0416. The first-order valence-corrected chi connectivity index (χ1v) is 5.22. The predicted octanol–water partition coefficient (Wildman–Crippen LogP) is 1.37. The maximum Gasteiger partial charge on any atom is 0.359 e. The summed E-state index contributed by atoms with van der Waals surface area (Å²) in [6.07, 6.45) is 0.616. The summed E-state index contributed by atoms with van der Waals surface area (Å²) in [4.78, 5) is 26.2. The van der Waals surface area contributed by atoms with Crippen molar-refractivity contribution in [2.45, 2.75) is 6.92 Å². The quantitative estimate of drug-likeness (QED) is 0.610. The standard InChI is InChI=1S/C10H8ClN3O3/c1-2-17-9(16)8-7-4-3-6(5-15)14(7)13-10(11)12-8/h3-5H,2H2,1H3. The van der Waals surface area contributed by atoms with Crippen LogP contribution < -0.4 is 0 Å². The van der Waals surface area contributed by atoms with Crippen LogP contribution in [0.3, 0.4) is 0 Å². The normalized spacial score (nSPS) is 10.5. The summed E-state index contributed by atoms with van der Waals surface area (Å²) in [5.74, 6) is -0.600. The maximum absolute atomic E-state index is 11.6. The van der Waals surface area contributed by atoms with Crippen molar-refractivity contribution in [1.29, 1.82) is 0 Å². The Balaban J connectivity index is 2.66. The van der Waals surface area contributed by atoms with Gasteiger partial charge in [0.2, 0.25) is 5.28 Å². The average molecular weight is 254 g/mol. The topological polar surface area (TPSA) is 73.6 Å². The molecule has 0 aliphatic rings. The first-order chi connectivity index (χ1) is 8.17. The summed E-state index contributed by atoms with van der Waals surface area (Å²) < 4.78 is 6.10. The molecular formula is C10H8ClN3O3. The number of rotatable bonds is 3. The zero-order chi connectivity index (χ0) is 12.4.